The van der Waals surface area contributed by atoms with Gasteiger partial charge in [-0.3, -0.25) is 4.79 Å². The van der Waals surface area contributed by atoms with Gasteiger partial charge < -0.3 is 9.88 Å². The van der Waals surface area contributed by atoms with E-state index >= 15 is 0 Å². The van der Waals surface area contributed by atoms with Crippen LogP contribution in [0.15, 0.2) is 30.5 Å². The molecular weight excluding hydrogens is 200 g/mol. The molecule has 0 aliphatic carbocycles. The van der Waals surface area contributed by atoms with Crippen LogP contribution >= 0.6 is 0 Å². The van der Waals surface area contributed by atoms with Crippen molar-refractivity contribution < 1.29 is 4.79 Å². The molecule has 2 heterocycles. The highest BCUT2D eigenvalue weighted by Gasteiger charge is 2.19. The third-order valence-corrected chi connectivity index (χ3v) is 3.10. The van der Waals surface area contributed by atoms with Crippen LogP contribution in [0.2, 0.25) is 0 Å². The van der Waals surface area contributed by atoms with Crippen LogP contribution in [0, 0.1) is 0 Å². The molecule has 0 saturated carbocycles. The summed E-state index contributed by atoms with van der Waals surface area (Å²) in [5.74, 6) is 0.0588. The number of carbonyl (C=O) groups excluding carboxylic acids is 1. The van der Waals surface area contributed by atoms with Crippen molar-refractivity contribution in [1.82, 2.24) is 9.88 Å². The van der Waals surface area contributed by atoms with Gasteiger partial charge in [-0.05, 0) is 50.6 Å². The van der Waals surface area contributed by atoms with Gasteiger partial charge in [-0.25, -0.2) is 0 Å². The zero-order valence-corrected chi connectivity index (χ0v) is 9.70. The van der Waals surface area contributed by atoms with Crippen LogP contribution < -0.4 is 5.32 Å². The monoisotopic (exact) mass is 218 g/mol. The van der Waals surface area contributed by atoms with E-state index in [1.165, 1.54) is 0 Å². The molecule has 0 bridgehead atoms. The van der Waals surface area contributed by atoms with Crippen molar-refractivity contribution in [3.05, 3.63) is 36.2 Å². The van der Waals surface area contributed by atoms with Crippen LogP contribution in [-0.4, -0.2) is 23.4 Å². The van der Waals surface area contributed by atoms with Gasteiger partial charge >= 0.3 is 0 Å². The first-order valence-corrected chi connectivity index (χ1v) is 5.78. The summed E-state index contributed by atoms with van der Waals surface area (Å²) in [6.07, 6.45) is 4.18. The number of allylic oxidation sites excluding steroid dienone is 1. The van der Waals surface area contributed by atoms with E-state index in [4.69, 9.17) is 0 Å². The summed E-state index contributed by atoms with van der Waals surface area (Å²) in [7, 11) is 0. The van der Waals surface area contributed by atoms with Crippen molar-refractivity contribution in [2.75, 3.05) is 13.1 Å². The van der Waals surface area contributed by atoms with Crippen LogP contribution in [0.4, 0.5) is 0 Å². The Morgan fingerprint density at radius 3 is 2.81 bits per heavy atom. The lowest BCUT2D eigenvalue weighted by Gasteiger charge is -2.25. The highest BCUT2D eigenvalue weighted by molar-refractivity contribution is 6.06. The maximum Gasteiger partial charge on any atom is 0.204 e. The average molecular weight is 218 g/mol. The molecule has 1 aromatic rings. The Morgan fingerprint density at radius 1 is 1.50 bits per heavy atom. The molecule has 1 N–H and O–H groups in total. The predicted octanol–water partition coefficient (Wildman–Crippen LogP) is 2.17. The normalized spacial score (nSPS) is 17.3. The van der Waals surface area contributed by atoms with E-state index < -0.39 is 0 Å². The van der Waals surface area contributed by atoms with Gasteiger partial charge in [-0.2, -0.15) is 0 Å². The second-order valence-corrected chi connectivity index (χ2v) is 4.39. The van der Waals surface area contributed by atoms with Gasteiger partial charge in [0.15, 0.2) is 0 Å². The summed E-state index contributed by atoms with van der Waals surface area (Å²) in [5.41, 5.74) is 1.38. The largest absolute Gasteiger partial charge is 0.342 e. The van der Waals surface area contributed by atoms with Crippen molar-refractivity contribution in [2.24, 2.45) is 0 Å². The van der Waals surface area contributed by atoms with E-state index in [1.54, 1.807) is 6.92 Å². The Labute approximate surface area is 96.2 Å². The van der Waals surface area contributed by atoms with Crippen molar-refractivity contribution in [1.29, 1.82) is 0 Å². The molecule has 1 aliphatic rings. The van der Waals surface area contributed by atoms with Gasteiger partial charge in [0.05, 0.1) is 5.69 Å². The van der Waals surface area contributed by atoms with Crippen LogP contribution in [-0.2, 0) is 0 Å². The molecule has 1 saturated heterocycles. The summed E-state index contributed by atoms with van der Waals surface area (Å²) >= 11 is 0. The summed E-state index contributed by atoms with van der Waals surface area (Å²) < 4.78 is 2.11. The van der Waals surface area contributed by atoms with Crippen molar-refractivity contribution in [3.63, 3.8) is 0 Å². The van der Waals surface area contributed by atoms with Gasteiger partial charge in [0, 0.05) is 12.2 Å². The summed E-state index contributed by atoms with van der Waals surface area (Å²) in [6, 6.07) is 4.28. The van der Waals surface area contributed by atoms with E-state index in [2.05, 4.69) is 16.5 Å². The first-order chi connectivity index (χ1) is 7.70. The fraction of sp³-hybridized carbons (Fsp3) is 0.462. The van der Waals surface area contributed by atoms with Gasteiger partial charge in [0.1, 0.15) is 0 Å². The number of carbonyl (C=O) groups is 1. The van der Waals surface area contributed by atoms with Crippen molar-refractivity contribution >= 4 is 5.78 Å². The van der Waals surface area contributed by atoms with Crippen LogP contribution in [0.1, 0.15) is 36.3 Å². The number of nitrogens with one attached hydrogen (secondary N) is 1. The Morgan fingerprint density at radius 2 is 2.19 bits per heavy atom. The van der Waals surface area contributed by atoms with E-state index in [0.717, 1.165) is 31.6 Å². The third-order valence-electron chi connectivity index (χ3n) is 3.10. The fourth-order valence-electron chi connectivity index (χ4n) is 2.21. The number of hydrogen-bond acceptors (Lipinski definition) is 2. The van der Waals surface area contributed by atoms with Gasteiger partial charge in [-0.15, -0.1) is 0 Å². The highest BCUT2D eigenvalue weighted by Crippen LogP contribution is 2.22. The molecule has 86 valence electrons. The number of aromatic nitrogens is 1. The van der Waals surface area contributed by atoms with E-state index in [0.29, 0.717) is 11.6 Å². The lowest BCUT2D eigenvalue weighted by atomic mass is 10.1. The number of piperidine rings is 1. The lowest BCUT2D eigenvalue weighted by molar-refractivity contribution is 0.102. The molecule has 0 aromatic carbocycles. The number of ketones is 1. The zero-order chi connectivity index (χ0) is 11.5. The maximum absolute atomic E-state index is 11.9. The molecule has 1 aliphatic heterocycles. The van der Waals surface area contributed by atoms with Gasteiger partial charge in [0.2, 0.25) is 5.78 Å². The average Bonchev–Trinajstić information content (AvgIpc) is 2.77. The topological polar surface area (TPSA) is 34.0 Å². The molecule has 1 fully saturated rings. The van der Waals surface area contributed by atoms with Crippen molar-refractivity contribution in [2.45, 2.75) is 25.8 Å². The molecule has 0 amide bonds. The number of Topliss-reactive ketones (excluding diaryl/α,β-unsaturated/α-hetero) is 1. The van der Waals surface area contributed by atoms with Crippen molar-refractivity contribution in [3.8, 4) is 0 Å². The molecule has 2 rings (SSSR count). The minimum absolute atomic E-state index is 0.0588. The Bertz CT molecular complexity index is 400. The first kappa shape index (κ1) is 11.1. The number of rotatable bonds is 3. The van der Waals surface area contributed by atoms with E-state index in [9.17, 15) is 4.79 Å². The zero-order valence-electron chi connectivity index (χ0n) is 9.70. The highest BCUT2D eigenvalue weighted by atomic mass is 16.1. The molecule has 0 radical (unpaired) electrons. The van der Waals surface area contributed by atoms with Crippen LogP contribution in [0.3, 0.4) is 0 Å². The molecule has 1 aromatic heterocycles. The summed E-state index contributed by atoms with van der Waals surface area (Å²) in [5, 5.41) is 3.33. The molecule has 0 atom stereocenters. The van der Waals surface area contributed by atoms with Gasteiger partial charge in [0.25, 0.3) is 0 Å². The standard InChI is InChI=1S/C13H18N2O/c1-10(2)13(16)12-4-3-9-15(12)11-5-7-14-8-6-11/h3-4,9,11,14H,1,5-8H2,2H3. The minimum atomic E-state index is 0.0588. The molecule has 0 spiro atoms. The molecule has 3 nitrogen and oxygen atoms in total. The van der Waals surface area contributed by atoms with Crippen LogP contribution in [0.5, 0.6) is 0 Å². The Hall–Kier alpha value is -1.35. The molecule has 3 heteroatoms. The van der Waals surface area contributed by atoms with Crippen LogP contribution in [0.25, 0.3) is 0 Å². The minimum Gasteiger partial charge on any atom is -0.342 e. The van der Waals surface area contributed by atoms with E-state index in [1.807, 2.05) is 18.3 Å². The lowest BCUT2D eigenvalue weighted by Crippen LogP contribution is -2.30. The van der Waals surface area contributed by atoms with E-state index in [-0.39, 0.29) is 5.78 Å². The summed E-state index contributed by atoms with van der Waals surface area (Å²) in [4.78, 5) is 11.9. The SMILES string of the molecule is C=C(C)C(=O)c1cccn1C1CCNCC1. The second-order valence-electron chi connectivity index (χ2n) is 4.39. The third kappa shape index (κ3) is 2.09. The number of nitrogens with zero attached hydrogens (tertiary/aromatic N) is 1. The Balaban J connectivity index is 2.24. The van der Waals surface area contributed by atoms with Gasteiger partial charge in [-0.1, -0.05) is 6.58 Å². The first-order valence-electron chi connectivity index (χ1n) is 5.78. The quantitative estimate of drug-likeness (QED) is 0.623. The number of hydrogen-bond donors (Lipinski definition) is 1. The second kappa shape index (κ2) is 4.66. The molecule has 0 unspecified atom stereocenters. The predicted molar refractivity (Wildman–Crippen MR) is 64.7 cm³/mol. The maximum atomic E-state index is 11.9. The smallest absolute Gasteiger partial charge is 0.204 e. The molecular formula is C13H18N2O. The Kier molecular flexibility index (Phi) is 3.25. The summed E-state index contributed by atoms with van der Waals surface area (Å²) in [6.45, 7) is 7.55. The fourth-order valence-corrected chi connectivity index (χ4v) is 2.21. The molecule has 16 heavy (non-hydrogen) atoms.